The molecule has 24 heteroatoms. The van der Waals surface area contributed by atoms with E-state index in [4.69, 9.17) is 15.6 Å². The number of piperidine rings is 5. The topological polar surface area (TPSA) is 269 Å². The van der Waals surface area contributed by atoms with Gasteiger partial charge in [-0.05, 0) is 218 Å². The highest BCUT2D eigenvalue weighted by atomic mass is 32.2. The van der Waals surface area contributed by atoms with Crippen molar-refractivity contribution in [3.63, 3.8) is 0 Å². The molecule has 5 heterocycles. The molecule has 0 spiro atoms. The van der Waals surface area contributed by atoms with E-state index >= 15 is 0 Å². The van der Waals surface area contributed by atoms with Crippen LogP contribution in [0, 0.1) is 0 Å². The molecule has 0 atom stereocenters. The number of Topliss-reactive ketones (excluding diaryl/α,β-unsaturated/α-hetero) is 1. The molecule has 0 saturated carbocycles. The second-order valence-electron chi connectivity index (χ2n) is 37.7. The standard InChI is InChI=1S/C23H30N2O2.2C22H28N2O2.C19H24N2O.C13H17NO.C8H19N.C7H8O3S.C6H7NO/c1-3-23(26)25(21-10-7-11-22(18-21)27-2)20-13-16-24(17-14-20)15-12-19-8-5-4-6-9-19;2*1-2-22(26)24(20-9-6-10-21(25)17-20)19-12-15-23(16-13-19)14-11-18-7-4-3-5-8-18;22-19-8-4-7-18(15-19)20-17-10-13-21(14-11-17)12-9-16-5-2-1-3-6-16;15-13-7-10-14(11-8-13)9-6-12-4-2-1-3-5-12;1-6-9(7(2)3)8(4)5;1-10-11(8,9)7-5-3-2-4-6-7;7-5-2-1-3-6(8)4-5/h4-11,18,20H,3,12-17H2,1-2H3;2*3-10,17,19,25H,2,11-16H2,1H3;1-8,15,17,20,22H,9-14H2;1-5H,6-11H2;7-8H,6H2,1-5H3;2-6H,1H3;1-4,8H,7H2. The van der Waals surface area contributed by atoms with E-state index in [-0.39, 0.29) is 58.0 Å². The molecular weight excluding hydrogens is 1820 g/mol. The summed E-state index contributed by atoms with van der Waals surface area (Å²) in [5.74, 6) is 2.60. The lowest BCUT2D eigenvalue weighted by Crippen LogP contribution is -2.47. The van der Waals surface area contributed by atoms with Gasteiger partial charge in [0.2, 0.25) is 17.7 Å². The van der Waals surface area contributed by atoms with E-state index in [2.05, 4.69) is 219 Å². The van der Waals surface area contributed by atoms with Gasteiger partial charge in [0.15, 0.2) is 0 Å². The lowest BCUT2D eigenvalue weighted by atomic mass is 10.0. The normalized spacial score (nSPS) is 15.1. The van der Waals surface area contributed by atoms with E-state index in [9.17, 15) is 42.9 Å². The number of hydrogen-bond acceptors (Lipinski definition) is 20. The Labute approximate surface area is 859 Å². The summed E-state index contributed by atoms with van der Waals surface area (Å²) in [5, 5.41) is 41.4. The van der Waals surface area contributed by atoms with Crippen LogP contribution in [0.15, 0.2) is 308 Å². The van der Waals surface area contributed by atoms with Gasteiger partial charge in [-0.15, -0.1) is 0 Å². The van der Waals surface area contributed by atoms with Crippen LogP contribution >= 0.6 is 0 Å². The number of anilines is 5. The lowest BCUT2D eigenvalue weighted by Gasteiger charge is -2.38. The minimum Gasteiger partial charge on any atom is -0.508 e. The number of ketones is 1. The van der Waals surface area contributed by atoms with Gasteiger partial charge < -0.3 is 75.4 Å². The van der Waals surface area contributed by atoms with Crippen LogP contribution in [-0.4, -0.2) is 237 Å². The molecule has 144 heavy (non-hydrogen) atoms. The van der Waals surface area contributed by atoms with Crippen LogP contribution in [0.1, 0.15) is 167 Å². The molecule has 0 bridgehead atoms. The van der Waals surface area contributed by atoms with Gasteiger partial charge in [0.25, 0.3) is 10.1 Å². The highest BCUT2D eigenvalue weighted by Crippen LogP contribution is 2.33. The largest absolute Gasteiger partial charge is 0.508 e. The fourth-order valence-electron chi connectivity index (χ4n) is 18.8. The Morgan fingerprint density at radius 1 is 0.368 bits per heavy atom. The third-order valence-electron chi connectivity index (χ3n) is 26.9. The van der Waals surface area contributed by atoms with Crippen LogP contribution in [0.3, 0.4) is 0 Å². The van der Waals surface area contributed by atoms with Gasteiger partial charge in [0.05, 0.1) is 19.1 Å². The third kappa shape index (κ3) is 41.5. The predicted molar refractivity (Wildman–Crippen MR) is 589 cm³/mol. The monoisotopic (exact) mass is 1980 g/mol. The third-order valence-corrected chi connectivity index (χ3v) is 28.1. The molecule has 0 aromatic heterocycles. The minimum absolute atomic E-state index is 0.123. The summed E-state index contributed by atoms with van der Waals surface area (Å²) in [7, 11) is -0.694. The zero-order chi connectivity index (χ0) is 103. The van der Waals surface area contributed by atoms with Crippen molar-refractivity contribution in [3.05, 3.63) is 331 Å². The first-order valence-corrected chi connectivity index (χ1v) is 53.4. The molecule has 11 aromatic rings. The summed E-state index contributed by atoms with van der Waals surface area (Å²) in [6, 6.07) is 99.5. The maximum atomic E-state index is 12.7. The van der Waals surface area contributed by atoms with E-state index in [1.54, 1.807) is 92.0 Å². The Hall–Kier alpha value is -12.2. The van der Waals surface area contributed by atoms with Crippen LogP contribution < -0.4 is 30.5 Å². The van der Waals surface area contributed by atoms with Crippen LogP contribution in [-0.2, 0) is 65.6 Å². The van der Waals surface area contributed by atoms with Crippen molar-refractivity contribution in [2.24, 2.45) is 0 Å². The van der Waals surface area contributed by atoms with Gasteiger partial charge in [-0.2, -0.15) is 8.42 Å². The molecule has 23 nitrogen and oxygen atoms in total. The number of aromatic hydroxyl groups is 4. The van der Waals surface area contributed by atoms with E-state index in [1.807, 2.05) is 90.1 Å². The molecule has 11 aromatic carbocycles. The number of phenols is 4. The zero-order valence-electron chi connectivity index (χ0n) is 86.9. The lowest BCUT2D eigenvalue weighted by molar-refractivity contribution is -0.121. The molecule has 5 saturated heterocycles. The quantitative estimate of drug-likeness (QED) is 0.0169. The molecule has 5 aliphatic rings. The van der Waals surface area contributed by atoms with Crippen molar-refractivity contribution < 1.29 is 56.9 Å². The van der Waals surface area contributed by atoms with Crippen LogP contribution in [0.4, 0.5) is 28.4 Å². The fraction of sp³-hybridized carbons (Fsp3) is 0.417. The number of phenolic OH excluding ortho intramolecular Hbond substituents is 4. The number of carbonyl (C=O) groups excluding carboxylic acids is 4. The Balaban J connectivity index is 0.000000189. The van der Waals surface area contributed by atoms with Gasteiger partial charge in [0.1, 0.15) is 34.5 Å². The number of methoxy groups -OCH3 is 1. The van der Waals surface area contributed by atoms with Gasteiger partial charge in [-0.3, -0.25) is 28.3 Å². The van der Waals surface area contributed by atoms with Crippen molar-refractivity contribution >= 4 is 62.1 Å². The number of hydrogen-bond donors (Lipinski definition) is 6. The smallest absolute Gasteiger partial charge is 0.296 e. The second-order valence-corrected chi connectivity index (χ2v) is 39.4. The van der Waals surface area contributed by atoms with Crippen LogP contribution in [0.25, 0.3) is 0 Å². The number of rotatable bonds is 32. The van der Waals surface area contributed by atoms with Crippen molar-refractivity contribution in [1.82, 2.24) is 29.4 Å². The highest BCUT2D eigenvalue weighted by Gasteiger charge is 2.33. The SMILES string of the molecule is CCC(=O)N(c1cccc(O)c1)C1CCN(CCc2ccccc2)CC1.CCC(=O)N(c1cccc(O)c1)C1CCN(CCc2ccccc2)CC1.CCC(=O)N(c1cccc(OC)c1)C1CCN(CCc2ccccc2)CC1.CCN(C(C)C)C(C)C.COS(=O)(=O)c1ccccc1.Nc1cccc(O)c1.O=C1CCN(CCc2ccccc2)CC1.Oc1cccc(NC2CCN(CCc3ccccc3)CC2)c1. The molecule has 3 amide bonds. The summed E-state index contributed by atoms with van der Waals surface area (Å²) >= 11 is 0. The van der Waals surface area contributed by atoms with Gasteiger partial charge in [0, 0.05) is 225 Å². The summed E-state index contributed by atoms with van der Waals surface area (Å²) < 4.78 is 31.6. The second kappa shape index (κ2) is 63.8. The molecule has 0 aliphatic carbocycles. The number of likely N-dealkylation sites (tertiary alicyclic amines) is 5. The molecule has 16 rings (SSSR count). The van der Waals surface area contributed by atoms with Gasteiger partial charge in [-0.1, -0.05) is 228 Å². The van der Waals surface area contributed by atoms with Gasteiger partial charge in [-0.25, -0.2) is 0 Å². The Morgan fingerprint density at radius 3 is 0.938 bits per heavy atom. The van der Waals surface area contributed by atoms with Crippen LogP contribution in [0.2, 0.25) is 0 Å². The van der Waals surface area contributed by atoms with Crippen molar-refractivity contribution in [1.29, 1.82) is 0 Å². The summed E-state index contributed by atoms with van der Waals surface area (Å²) in [5.41, 5.74) is 16.4. The number of nitrogens with zero attached hydrogens (tertiary/aromatic N) is 9. The molecule has 5 aliphatic heterocycles. The molecule has 5 fully saturated rings. The first kappa shape index (κ1) is 115. The first-order valence-electron chi connectivity index (χ1n) is 52.0. The van der Waals surface area contributed by atoms with E-state index in [0.717, 1.165) is 237 Å². The number of nitrogens with two attached hydrogens (primary N) is 1. The zero-order valence-corrected chi connectivity index (χ0v) is 87.8. The summed E-state index contributed by atoms with van der Waals surface area (Å²) in [6.45, 7) is 33.8. The fourth-order valence-corrected chi connectivity index (χ4v) is 19.5. The summed E-state index contributed by atoms with van der Waals surface area (Å²) in [6.07, 6.45) is 16.6. The number of ether oxygens (including phenoxy) is 1. The van der Waals surface area contributed by atoms with Crippen molar-refractivity contribution in [3.8, 4) is 28.7 Å². The first-order chi connectivity index (χ1) is 69.7. The predicted octanol–water partition coefficient (Wildman–Crippen LogP) is 21.4. The molecule has 0 radical (unpaired) electrons. The Morgan fingerprint density at radius 2 is 0.660 bits per heavy atom. The Bertz CT molecular complexity index is 5390. The van der Waals surface area contributed by atoms with Crippen LogP contribution in [0.5, 0.6) is 28.7 Å². The van der Waals surface area contributed by atoms with E-state index in [0.29, 0.717) is 54.6 Å². The Kier molecular flexibility index (Phi) is 51.1. The molecule has 0 unspecified atom stereocenters. The maximum absolute atomic E-state index is 12.7. The van der Waals surface area contributed by atoms with E-state index < -0.39 is 10.1 Å². The summed E-state index contributed by atoms with van der Waals surface area (Å²) in [4.78, 5) is 69.7. The molecule has 7 N–H and O–H groups in total. The number of nitrogen functional groups attached to an aromatic ring is 1. The number of carbonyl (C=O) groups is 4. The number of benzene rings is 11. The average molecular weight is 1980 g/mol. The molecule has 774 valence electrons. The number of nitrogens with one attached hydrogen (secondary N) is 1. The van der Waals surface area contributed by atoms with Crippen molar-refractivity contribution in [2.75, 3.05) is 145 Å². The number of amides is 3. The van der Waals surface area contributed by atoms with E-state index in [1.165, 1.54) is 46.0 Å². The van der Waals surface area contributed by atoms with Gasteiger partial charge >= 0.3 is 0 Å². The molecular formula is C120H161N11O12S. The highest BCUT2D eigenvalue weighted by molar-refractivity contribution is 7.86. The maximum Gasteiger partial charge on any atom is 0.296 e. The minimum atomic E-state index is -3.50. The van der Waals surface area contributed by atoms with Crippen molar-refractivity contribution in [2.45, 2.75) is 212 Å². The average Bonchev–Trinajstić information content (AvgIpc) is 0.824.